The molecule has 2 aromatic carbocycles. The molecule has 0 amide bonds. The third kappa shape index (κ3) is 5.67. The molecule has 2 rings (SSSR count). The van der Waals surface area contributed by atoms with Crippen LogP contribution in [0.2, 0.25) is 16.6 Å². The van der Waals surface area contributed by atoms with E-state index in [9.17, 15) is 4.79 Å². The molecule has 0 bridgehead atoms. The third-order valence-electron chi connectivity index (χ3n) is 6.49. The second-order valence-corrected chi connectivity index (χ2v) is 16.4. The predicted molar refractivity (Wildman–Crippen MR) is 138 cm³/mol. The Labute approximate surface area is 200 Å². The number of carbonyl (C=O) groups excluding carboxylic acids is 1. The number of methoxy groups -OCH3 is 1. The first-order valence-electron chi connectivity index (χ1n) is 11.7. The number of halogens is 1. The summed E-state index contributed by atoms with van der Waals surface area (Å²) >= 11 is 0. The molecule has 2 aromatic rings. The van der Waals surface area contributed by atoms with Crippen molar-refractivity contribution in [3.63, 3.8) is 0 Å². The van der Waals surface area contributed by atoms with E-state index < -0.39 is 19.3 Å². The maximum atomic E-state index is 15.2. The second-order valence-electron chi connectivity index (χ2n) is 10.8. The van der Waals surface area contributed by atoms with Crippen LogP contribution >= 0.6 is 0 Å². The number of hydrogen-bond donors (Lipinski definition) is 0. The van der Waals surface area contributed by atoms with Gasteiger partial charge in [0.25, 0.3) is 0 Å². The number of carbonyl (C=O) groups is 1. The molecule has 180 valence electrons. The number of ether oxygens (including phenoxy) is 2. The highest BCUT2D eigenvalue weighted by Crippen LogP contribution is 2.41. The second kappa shape index (κ2) is 10.4. The summed E-state index contributed by atoms with van der Waals surface area (Å²) in [5.74, 6) is 2.81. The minimum atomic E-state index is -2.08. The standard InChI is InChI=1S/C28H39FO3Si/c1-18(2)33(19(3)4,20(5)6)14-13-23-24(29)12-11-22-15-21(17-31-10)16-25(26(22)23)32-27(30)28(7,8)9/h11-12,15-16,18-20H,17H2,1-10H3. The Morgan fingerprint density at radius 3 is 2.09 bits per heavy atom. The predicted octanol–water partition coefficient (Wildman–Crippen LogP) is 7.65. The first-order chi connectivity index (χ1) is 15.2. The SMILES string of the molecule is COCc1cc(OC(=O)C(C)(C)C)c2c(C#C[Si](C(C)C)(C(C)C)C(C)C)c(F)ccc2c1. The van der Waals surface area contributed by atoms with Crippen molar-refractivity contribution in [1.82, 2.24) is 0 Å². The lowest BCUT2D eigenvalue weighted by Crippen LogP contribution is -2.43. The summed E-state index contributed by atoms with van der Waals surface area (Å²) in [5, 5.41) is 1.32. The molecule has 0 aliphatic carbocycles. The lowest BCUT2D eigenvalue weighted by molar-refractivity contribution is -0.142. The molecular weight excluding hydrogens is 431 g/mol. The van der Waals surface area contributed by atoms with Gasteiger partial charge in [0, 0.05) is 12.5 Å². The molecule has 0 saturated heterocycles. The van der Waals surface area contributed by atoms with Crippen LogP contribution in [-0.4, -0.2) is 21.2 Å². The number of fused-ring (bicyclic) bond motifs is 1. The van der Waals surface area contributed by atoms with Gasteiger partial charge in [0.2, 0.25) is 0 Å². The maximum absolute atomic E-state index is 15.2. The zero-order valence-corrected chi connectivity index (χ0v) is 22.9. The topological polar surface area (TPSA) is 35.5 Å². The van der Waals surface area contributed by atoms with Crippen LogP contribution in [0.5, 0.6) is 5.75 Å². The van der Waals surface area contributed by atoms with Crippen LogP contribution in [0.1, 0.15) is 73.4 Å². The molecule has 0 aliphatic rings. The summed E-state index contributed by atoms with van der Waals surface area (Å²) in [5.41, 5.74) is 5.34. The van der Waals surface area contributed by atoms with Crippen molar-refractivity contribution >= 4 is 24.8 Å². The van der Waals surface area contributed by atoms with Gasteiger partial charge in [0.1, 0.15) is 19.6 Å². The van der Waals surface area contributed by atoms with Gasteiger partial charge in [-0.15, -0.1) is 5.54 Å². The minimum Gasteiger partial charge on any atom is -0.425 e. The fourth-order valence-corrected chi connectivity index (χ4v) is 9.98. The van der Waals surface area contributed by atoms with Crippen molar-refractivity contribution in [2.75, 3.05) is 7.11 Å². The van der Waals surface area contributed by atoms with Gasteiger partial charge in [-0.25, -0.2) is 4.39 Å². The van der Waals surface area contributed by atoms with E-state index in [0.29, 0.717) is 39.9 Å². The molecular formula is C28H39FO3Si. The van der Waals surface area contributed by atoms with Crippen LogP contribution in [0.4, 0.5) is 4.39 Å². The van der Waals surface area contributed by atoms with Crippen LogP contribution in [-0.2, 0) is 16.1 Å². The summed E-state index contributed by atoms with van der Waals surface area (Å²) in [6, 6.07) is 6.86. The van der Waals surface area contributed by atoms with E-state index in [1.54, 1.807) is 40.0 Å². The van der Waals surface area contributed by atoms with Crippen molar-refractivity contribution in [1.29, 1.82) is 0 Å². The molecule has 3 nitrogen and oxygen atoms in total. The largest absolute Gasteiger partial charge is 0.425 e. The molecule has 0 saturated carbocycles. The highest BCUT2D eigenvalue weighted by Gasteiger charge is 2.41. The molecule has 0 spiro atoms. The number of esters is 1. The minimum absolute atomic E-state index is 0.298. The van der Waals surface area contributed by atoms with Gasteiger partial charge >= 0.3 is 5.97 Å². The molecule has 0 atom stereocenters. The first kappa shape index (κ1) is 27.1. The van der Waals surface area contributed by atoms with Gasteiger partial charge in [-0.2, -0.15) is 0 Å². The normalized spacial score (nSPS) is 12.4. The highest BCUT2D eigenvalue weighted by molar-refractivity contribution is 6.90. The van der Waals surface area contributed by atoms with Crippen molar-refractivity contribution in [3.05, 3.63) is 41.2 Å². The van der Waals surface area contributed by atoms with Crippen molar-refractivity contribution in [2.24, 2.45) is 5.41 Å². The third-order valence-corrected chi connectivity index (χ3v) is 12.8. The van der Waals surface area contributed by atoms with E-state index >= 15 is 4.39 Å². The fraction of sp³-hybridized carbons (Fsp3) is 0.536. The molecule has 0 unspecified atom stereocenters. The van der Waals surface area contributed by atoms with Gasteiger partial charge in [-0.05, 0) is 66.5 Å². The van der Waals surface area contributed by atoms with E-state index in [0.717, 1.165) is 10.9 Å². The highest BCUT2D eigenvalue weighted by atomic mass is 28.3. The van der Waals surface area contributed by atoms with Crippen LogP contribution in [0.3, 0.4) is 0 Å². The lowest BCUT2D eigenvalue weighted by atomic mass is 9.97. The smallest absolute Gasteiger partial charge is 0.316 e. The van der Waals surface area contributed by atoms with Crippen LogP contribution in [0.25, 0.3) is 10.8 Å². The Kier molecular flexibility index (Phi) is 8.54. The quantitative estimate of drug-likeness (QED) is 0.188. The van der Waals surface area contributed by atoms with Crippen molar-refractivity contribution < 1.29 is 18.7 Å². The monoisotopic (exact) mass is 470 g/mol. The molecule has 0 fully saturated rings. The van der Waals surface area contributed by atoms with Crippen LogP contribution in [0, 0.1) is 22.7 Å². The fourth-order valence-electron chi connectivity index (χ4n) is 4.77. The van der Waals surface area contributed by atoms with Crippen LogP contribution in [0.15, 0.2) is 24.3 Å². The van der Waals surface area contributed by atoms with Crippen LogP contribution < -0.4 is 4.74 Å². The number of benzene rings is 2. The Balaban J connectivity index is 2.86. The number of rotatable bonds is 6. The van der Waals surface area contributed by atoms with E-state index in [-0.39, 0.29) is 5.97 Å². The molecule has 0 radical (unpaired) electrons. The van der Waals surface area contributed by atoms with Gasteiger partial charge in [0.05, 0.1) is 17.6 Å². The Hall–Kier alpha value is -2.16. The maximum Gasteiger partial charge on any atom is 0.316 e. The molecule has 0 aliphatic heterocycles. The van der Waals surface area contributed by atoms with Gasteiger partial charge in [0.15, 0.2) is 0 Å². The molecule has 5 heteroatoms. The number of hydrogen-bond acceptors (Lipinski definition) is 3. The summed E-state index contributed by atoms with van der Waals surface area (Å²) < 4.78 is 26.4. The Morgan fingerprint density at radius 2 is 1.61 bits per heavy atom. The van der Waals surface area contributed by atoms with E-state index in [4.69, 9.17) is 9.47 Å². The van der Waals surface area contributed by atoms with E-state index in [1.807, 2.05) is 6.07 Å². The molecule has 0 N–H and O–H groups in total. The Bertz CT molecular complexity index is 1050. The molecule has 33 heavy (non-hydrogen) atoms. The molecule has 0 aromatic heterocycles. The van der Waals surface area contributed by atoms with Gasteiger partial charge in [-0.3, -0.25) is 4.79 Å². The van der Waals surface area contributed by atoms with E-state index in [2.05, 4.69) is 53.0 Å². The zero-order valence-electron chi connectivity index (χ0n) is 21.9. The zero-order chi connectivity index (χ0) is 25.1. The lowest BCUT2D eigenvalue weighted by Gasteiger charge is -2.38. The summed E-state index contributed by atoms with van der Waals surface area (Å²) in [4.78, 5) is 12.8. The van der Waals surface area contributed by atoms with E-state index in [1.165, 1.54) is 6.07 Å². The van der Waals surface area contributed by atoms with Gasteiger partial charge in [-0.1, -0.05) is 53.5 Å². The average Bonchev–Trinajstić information content (AvgIpc) is 2.68. The summed E-state index contributed by atoms with van der Waals surface area (Å²) in [6.07, 6.45) is 0. The Morgan fingerprint density at radius 1 is 1.03 bits per heavy atom. The van der Waals surface area contributed by atoms with Gasteiger partial charge < -0.3 is 9.47 Å². The molecule has 0 heterocycles. The summed E-state index contributed by atoms with van der Waals surface area (Å²) in [6.45, 7) is 19.1. The van der Waals surface area contributed by atoms with Crippen molar-refractivity contribution in [3.8, 4) is 17.2 Å². The van der Waals surface area contributed by atoms with Crippen molar-refractivity contribution in [2.45, 2.75) is 85.5 Å². The average molecular weight is 471 g/mol. The first-order valence-corrected chi connectivity index (χ1v) is 14.0. The summed E-state index contributed by atoms with van der Waals surface area (Å²) in [7, 11) is -0.467.